The molecule has 28 heavy (non-hydrogen) atoms. The fraction of sp³-hybridized carbons (Fsp3) is 0.500. The van der Waals surface area contributed by atoms with Crippen molar-refractivity contribution >= 4 is 11.9 Å². The zero-order chi connectivity index (χ0) is 19.9. The highest BCUT2D eigenvalue weighted by molar-refractivity contribution is 5.94. The second-order valence-corrected chi connectivity index (χ2v) is 6.96. The Kier molecular flexibility index (Phi) is 6.62. The number of hydrogen-bond donors (Lipinski definition) is 1. The van der Waals surface area contributed by atoms with Gasteiger partial charge in [-0.3, -0.25) is 9.59 Å². The standard InChI is InChI=1S/C20H25N3O5/c1-2-18-21-17(22-28-18)13-27-16-8-6-15(7-9-16)20(26)23-11-3-4-14(12-23)5-10-19(24)25/h6-9,14H,2-5,10-13H2,1H3,(H,24,25). The van der Waals surface area contributed by atoms with Crippen molar-refractivity contribution in [1.82, 2.24) is 15.0 Å². The van der Waals surface area contributed by atoms with Crippen molar-refractivity contribution in [3.05, 3.63) is 41.5 Å². The maximum atomic E-state index is 12.7. The van der Waals surface area contributed by atoms with Crippen molar-refractivity contribution in [3.63, 3.8) is 0 Å². The first-order chi connectivity index (χ1) is 13.5. The molecule has 8 nitrogen and oxygen atoms in total. The number of hydrogen-bond acceptors (Lipinski definition) is 6. The summed E-state index contributed by atoms with van der Waals surface area (Å²) in [6.45, 7) is 3.46. The highest BCUT2D eigenvalue weighted by Crippen LogP contribution is 2.23. The molecule has 1 aromatic carbocycles. The number of carboxylic acids is 1. The topological polar surface area (TPSA) is 106 Å². The van der Waals surface area contributed by atoms with E-state index in [4.69, 9.17) is 14.4 Å². The van der Waals surface area contributed by atoms with Crippen molar-refractivity contribution in [3.8, 4) is 5.75 Å². The number of aryl methyl sites for hydroxylation is 1. The third-order valence-corrected chi connectivity index (χ3v) is 4.85. The minimum atomic E-state index is -0.786. The van der Waals surface area contributed by atoms with Crippen LogP contribution in [0.15, 0.2) is 28.8 Å². The van der Waals surface area contributed by atoms with Gasteiger partial charge in [0.2, 0.25) is 11.7 Å². The van der Waals surface area contributed by atoms with E-state index in [0.29, 0.717) is 49.0 Å². The van der Waals surface area contributed by atoms with Crippen LogP contribution in [0.25, 0.3) is 0 Å². The molecular weight excluding hydrogens is 362 g/mol. The molecule has 0 spiro atoms. The molecule has 150 valence electrons. The van der Waals surface area contributed by atoms with E-state index in [9.17, 15) is 9.59 Å². The van der Waals surface area contributed by atoms with Gasteiger partial charge in [0.1, 0.15) is 5.75 Å². The minimum Gasteiger partial charge on any atom is -0.485 e. The first-order valence-corrected chi connectivity index (χ1v) is 9.60. The molecule has 1 aliphatic heterocycles. The number of likely N-dealkylation sites (tertiary alicyclic amines) is 1. The second-order valence-electron chi connectivity index (χ2n) is 6.96. The van der Waals surface area contributed by atoms with Crippen LogP contribution < -0.4 is 4.74 Å². The van der Waals surface area contributed by atoms with Crippen LogP contribution in [0.1, 0.15) is 54.7 Å². The van der Waals surface area contributed by atoms with Crippen molar-refractivity contribution < 1.29 is 24.0 Å². The lowest BCUT2D eigenvalue weighted by atomic mass is 9.93. The van der Waals surface area contributed by atoms with Crippen LogP contribution >= 0.6 is 0 Å². The molecule has 1 fully saturated rings. The number of nitrogens with zero attached hydrogens (tertiary/aromatic N) is 3. The Hall–Kier alpha value is -2.90. The molecule has 1 aliphatic rings. The van der Waals surface area contributed by atoms with Crippen LogP contribution in [-0.4, -0.2) is 45.1 Å². The molecule has 0 saturated carbocycles. The normalized spacial score (nSPS) is 16.8. The number of aromatic nitrogens is 2. The Morgan fingerprint density at radius 2 is 2.11 bits per heavy atom. The molecule has 1 aromatic heterocycles. The van der Waals surface area contributed by atoms with Gasteiger partial charge in [-0.25, -0.2) is 0 Å². The Morgan fingerprint density at radius 1 is 1.32 bits per heavy atom. The van der Waals surface area contributed by atoms with E-state index < -0.39 is 5.97 Å². The molecule has 8 heteroatoms. The van der Waals surface area contributed by atoms with E-state index in [1.54, 1.807) is 24.3 Å². The smallest absolute Gasteiger partial charge is 0.303 e. The lowest BCUT2D eigenvalue weighted by Crippen LogP contribution is -2.40. The largest absolute Gasteiger partial charge is 0.485 e. The molecule has 1 amide bonds. The summed E-state index contributed by atoms with van der Waals surface area (Å²) in [5, 5.41) is 12.7. The molecule has 0 bridgehead atoms. The quantitative estimate of drug-likeness (QED) is 0.742. The van der Waals surface area contributed by atoms with Gasteiger partial charge in [0.15, 0.2) is 6.61 Å². The Balaban J connectivity index is 1.53. The number of rotatable bonds is 8. The predicted octanol–water partition coefficient (Wildman–Crippen LogP) is 2.93. The molecule has 1 N–H and O–H groups in total. The third kappa shape index (κ3) is 5.31. The average molecular weight is 387 g/mol. The SMILES string of the molecule is CCc1nc(COc2ccc(C(=O)N3CCCC(CCC(=O)O)C3)cc2)no1. The van der Waals surface area contributed by atoms with Crippen molar-refractivity contribution in [1.29, 1.82) is 0 Å². The summed E-state index contributed by atoms with van der Waals surface area (Å²) in [4.78, 5) is 29.5. The van der Waals surface area contributed by atoms with Crippen molar-refractivity contribution in [2.45, 2.75) is 45.6 Å². The van der Waals surface area contributed by atoms with Crippen LogP contribution in [0.4, 0.5) is 0 Å². The maximum absolute atomic E-state index is 12.7. The van der Waals surface area contributed by atoms with E-state index in [1.807, 2.05) is 11.8 Å². The summed E-state index contributed by atoms with van der Waals surface area (Å²) in [6, 6.07) is 6.98. The number of aliphatic carboxylic acids is 1. The first kappa shape index (κ1) is 19.9. The number of ether oxygens (including phenoxy) is 1. The number of carboxylic acid groups (broad SMARTS) is 1. The predicted molar refractivity (Wildman–Crippen MR) is 99.9 cm³/mol. The van der Waals surface area contributed by atoms with Gasteiger partial charge in [-0.2, -0.15) is 4.98 Å². The molecule has 2 aromatic rings. The Labute approximate surface area is 163 Å². The fourth-order valence-electron chi connectivity index (χ4n) is 3.33. The number of piperidine rings is 1. The summed E-state index contributed by atoms with van der Waals surface area (Å²) in [5.74, 6) is 1.11. The Morgan fingerprint density at radius 3 is 2.79 bits per heavy atom. The van der Waals surface area contributed by atoms with Crippen molar-refractivity contribution in [2.24, 2.45) is 5.92 Å². The lowest BCUT2D eigenvalue weighted by Gasteiger charge is -2.32. The molecule has 3 rings (SSSR count). The third-order valence-electron chi connectivity index (χ3n) is 4.85. The van der Waals surface area contributed by atoms with Gasteiger partial charge in [0.05, 0.1) is 0 Å². The van der Waals surface area contributed by atoms with Gasteiger partial charge in [0, 0.05) is 31.5 Å². The van der Waals surface area contributed by atoms with Crippen LogP contribution in [0.5, 0.6) is 5.75 Å². The van der Waals surface area contributed by atoms with E-state index in [0.717, 1.165) is 12.8 Å². The minimum absolute atomic E-state index is 0.0302. The fourth-order valence-corrected chi connectivity index (χ4v) is 3.33. The number of carbonyl (C=O) groups is 2. The summed E-state index contributed by atoms with van der Waals surface area (Å²) < 4.78 is 10.7. The number of benzene rings is 1. The monoisotopic (exact) mass is 387 g/mol. The molecular formula is C20H25N3O5. The van der Waals surface area contributed by atoms with E-state index in [2.05, 4.69) is 10.1 Å². The Bertz CT molecular complexity index is 802. The average Bonchev–Trinajstić information content (AvgIpc) is 3.19. The number of amides is 1. The van der Waals surface area contributed by atoms with E-state index in [1.165, 1.54) is 0 Å². The number of carbonyl (C=O) groups excluding carboxylic acids is 1. The van der Waals surface area contributed by atoms with Gasteiger partial charge in [-0.1, -0.05) is 12.1 Å². The van der Waals surface area contributed by atoms with E-state index in [-0.39, 0.29) is 24.9 Å². The van der Waals surface area contributed by atoms with Crippen LogP contribution in [0.3, 0.4) is 0 Å². The first-order valence-electron chi connectivity index (χ1n) is 9.60. The summed E-state index contributed by atoms with van der Waals surface area (Å²) in [7, 11) is 0. The molecule has 1 unspecified atom stereocenters. The molecule has 2 heterocycles. The lowest BCUT2D eigenvalue weighted by molar-refractivity contribution is -0.137. The zero-order valence-electron chi connectivity index (χ0n) is 16.0. The van der Waals surface area contributed by atoms with Gasteiger partial charge < -0.3 is 19.3 Å². The molecule has 1 atom stereocenters. The van der Waals surface area contributed by atoms with Crippen LogP contribution in [-0.2, 0) is 17.8 Å². The molecule has 0 radical (unpaired) electrons. The summed E-state index contributed by atoms with van der Waals surface area (Å²) in [6.07, 6.45) is 3.32. The maximum Gasteiger partial charge on any atom is 0.303 e. The van der Waals surface area contributed by atoms with Crippen LogP contribution in [0.2, 0.25) is 0 Å². The van der Waals surface area contributed by atoms with Gasteiger partial charge in [-0.05, 0) is 49.4 Å². The van der Waals surface area contributed by atoms with Gasteiger partial charge in [0.25, 0.3) is 5.91 Å². The van der Waals surface area contributed by atoms with E-state index >= 15 is 0 Å². The van der Waals surface area contributed by atoms with Gasteiger partial charge in [-0.15, -0.1) is 0 Å². The van der Waals surface area contributed by atoms with Gasteiger partial charge >= 0.3 is 5.97 Å². The highest BCUT2D eigenvalue weighted by atomic mass is 16.5. The molecule has 0 aliphatic carbocycles. The summed E-state index contributed by atoms with van der Waals surface area (Å²) >= 11 is 0. The summed E-state index contributed by atoms with van der Waals surface area (Å²) in [5.41, 5.74) is 0.596. The zero-order valence-corrected chi connectivity index (χ0v) is 16.0. The molecule has 1 saturated heterocycles. The van der Waals surface area contributed by atoms with Crippen molar-refractivity contribution in [2.75, 3.05) is 13.1 Å². The second kappa shape index (κ2) is 9.34. The highest BCUT2D eigenvalue weighted by Gasteiger charge is 2.24. The van der Waals surface area contributed by atoms with Crippen LogP contribution in [0, 0.1) is 5.92 Å².